The van der Waals surface area contributed by atoms with Crippen molar-refractivity contribution in [2.75, 3.05) is 45.0 Å². The number of anilines is 1. The fourth-order valence-corrected chi connectivity index (χ4v) is 3.81. The molecular formula is C21H28ClN5O2. The monoisotopic (exact) mass is 417 g/mol. The number of benzene rings is 1. The van der Waals surface area contributed by atoms with E-state index in [9.17, 15) is 4.79 Å². The third kappa shape index (κ3) is 4.63. The van der Waals surface area contributed by atoms with Crippen molar-refractivity contribution in [1.82, 2.24) is 19.6 Å². The molecule has 1 aliphatic rings. The van der Waals surface area contributed by atoms with Crippen molar-refractivity contribution < 1.29 is 9.21 Å². The largest absolute Gasteiger partial charge is 0.464 e. The number of furan rings is 1. The lowest BCUT2D eigenvalue weighted by molar-refractivity contribution is 0.0875. The predicted molar refractivity (Wildman–Crippen MR) is 118 cm³/mol. The maximum absolute atomic E-state index is 12.8. The lowest BCUT2D eigenvalue weighted by atomic mass is 10.1. The fourth-order valence-electron chi connectivity index (χ4n) is 3.81. The normalized spacial score (nSPS) is 15.5. The lowest BCUT2D eigenvalue weighted by Crippen LogP contribution is -2.46. The van der Waals surface area contributed by atoms with Gasteiger partial charge in [-0.15, -0.1) is 17.5 Å². The summed E-state index contributed by atoms with van der Waals surface area (Å²) < 4.78 is 6.92. The van der Waals surface area contributed by atoms with Crippen molar-refractivity contribution in [3.63, 3.8) is 0 Å². The topological polar surface area (TPSA) is 80.5 Å². The van der Waals surface area contributed by atoms with Gasteiger partial charge in [0.1, 0.15) is 5.76 Å². The summed E-state index contributed by atoms with van der Waals surface area (Å²) in [5.74, 6) is 1.11. The molecule has 8 heteroatoms. The van der Waals surface area contributed by atoms with Gasteiger partial charge < -0.3 is 20.0 Å². The molecule has 0 spiro atoms. The van der Waals surface area contributed by atoms with Gasteiger partial charge in [-0.1, -0.05) is 13.0 Å². The Balaban J connectivity index is 0.00000240. The molecule has 29 heavy (non-hydrogen) atoms. The molecule has 0 saturated carbocycles. The summed E-state index contributed by atoms with van der Waals surface area (Å²) in [5.41, 5.74) is 7.67. The third-order valence-corrected chi connectivity index (χ3v) is 5.53. The second-order valence-electron chi connectivity index (χ2n) is 7.28. The Morgan fingerprint density at radius 1 is 1.17 bits per heavy atom. The van der Waals surface area contributed by atoms with Crippen LogP contribution in [0.3, 0.4) is 0 Å². The Hall–Kier alpha value is -2.35. The van der Waals surface area contributed by atoms with E-state index in [1.165, 1.54) is 4.68 Å². The summed E-state index contributed by atoms with van der Waals surface area (Å²) >= 11 is 0. The number of piperazine rings is 1. The number of aromatic nitrogens is 2. The van der Waals surface area contributed by atoms with Crippen molar-refractivity contribution in [1.29, 1.82) is 0 Å². The van der Waals surface area contributed by atoms with E-state index in [0.717, 1.165) is 67.9 Å². The van der Waals surface area contributed by atoms with Gasteiger partial charge in [-0.3, -0.25) is 4.79 Å². The number of hydrogen-bond donors (Lipinski definition) is 1. The van der Waals surface area contributed by atoms with Crippen LogP contribution in [0.15, 0.2) is 41.0 Å². The van der Waals surface area contributed by atoms with E-state index >= 15 is 0 Å². The molecule has 1 aliphatic heterocycles. The Kier molecular flexibility index (Phi) is 6.95. The smallest absolute Gasteiger partial charge is 0.247 e. The highest BCUT2D eigenvalue weighted by Crippen LogP contribution is 2.28. The van der Waals surface area contributed by atoms with Gasteiger partial charge in [-0.25, -0.2) is 0 Å². The maximum Gasteiger partial charge on any atom is 0.247 e. The highest BCUT2D eigenvalue weighted by molar-refractivity contribution is 5.98. The molecule has 3 heterocycles. The summed E-state index contributed by atoms with van der Waals surface area (Å²) in [7, 11) is 0. The molecule has 0 amide bonds. The average molecular weight is 418 g/mol. The van der Waals surface area contributed by atoms with E-state index in [-0.39, 0.29) is 18.3 Å². The quantitative estimate of drug-likeness (QED) is 0.662. The first-order chi connectivity index (χ1) is 13.7. The number of carbonyl (C=O) groups is 1. The minimum atomic E-state index is -0.0227. The summed E-state index contributed by atoms with van der Waals surface area (Å²) in [6, 6.07) is 9.48. The van der Waals surface area contributed by atoms with Crippen LogP contribution in [0.2, 0.25) is 0 Å². The van der Waals surface area contributed by atoms with Crippen LogP contribution in [-0.2, 0) is 0 Å². The van der Waals surface area contributed by atoms with Crippen molar-refractivity contribution >= 4 is 35.0 Å². The van der Waals surface area contributed by atoms with Gasteiger partial charge in [0.2, 0.25) is 5.91 Å². The number of rotatable bonds is 6. The molecule has 4 rings (SSSR count). The molecule has 1 aromatic carbocycles. The summed E-state index contributed by atoms with van der Waals surface area (Å²) in [6.07, 6.45) is 2.91. The van der Waals surface area contributed by atoms with Crippen molar-refractivity contribution in [2.45, 2.75) is 19.8 Å². The molecule has 0 radical (unpaired) electrons. The van der Waals surface area contributed by atoms with Crippen LogP contribution in [-0.4, -0.2) is 64.8 Å². The number of nitrogens with zero attached hydrogens (tertiary/aromatic N) is 4. The maximum atomic E-state index is 12.8. The van der Waals surface area contributed by atoms with Crippen LogP contribution >= 0.6 is 12.4 Å². The van der Waals surface area contributed by atoms with E-state index in [4.69, 9.17) is 10.2 Å². The van der Waals surface area contributed by atoms with Gasteiger partial charge in [0.25, 0.3) is 0 Å². The minimum Gasteiger partial charge on any atom is -0.464 e. The van der Waals surface area contributed by atoms with E-state index < -0.39 is 0 Å². The van der Waals surface area contributed by atoms with E-state index in [1.54, 1.807) is 6.26 Å². The second kappa shape index (κ2) is 9.43. The van der Waals surface area contributed by atoms with E-state index in [1.807, 2.05) is 30.3 Å². The van der Waals surface area contributed by atoms with Gasteiger partial charge in [-0.2, -0.15) is 4.68 Å². The number of fused-ring (bicyclic) bond motifs is 1. The number of hydrogen-bond acceptors (Lipinski definition) is 6. The lowest BCUT2D eigenvalue weighted by Gasteiger charge is -2.33. The first kappa shape index (κ1) is 21.4. The zero-order chi connectivity index (χ0) is 19.5. The molecule has 156 valence electrons. The standard InChI is InChI=1S/C21H27N5O2.ClH/c1-2-24-10-12-25(13-11-24)9-3-6-20(27)26-18-15-16(19-5-4-14-28-19)7-8-17(18)21(22)23-26;/h4-5,7-8,14-15H,2-3,6,9-13H2,1H3,(H2,22,23);1H. The minimum absolute atomic E-state index is 0. The fraction of sp³-hybridized carbons (Fsp3) is 0.429. The zero-order valence-corrected chi connectivity index (χ0v) is 17.5. The van der Waals surface area contributed by atoms with Crippen LogP contribution < -0.4 is 5.73 Å². The molecular weight excluding hydrogens is 390 g/mol. The van der Waals surface area contributed by atoms with Gasteiger partial charge in [0.05, 0.1) is 11.8 Å². The molecule has 0 atom stereocenters. The van der Waals surface area contributed by atoms with Crippen molar-refractivity contribution in [3.8, 4) is 11.3 Å². The Morgan fingerprint density at radius 3 is 2.62 bits per heavy atom. The number of halogens is 1. The zero-order valence-electron chi connectivity index (χ0n) is 16.7. The van der Waals surface area contributed by atoms with Crippen molar-refractivity contribution in [2.24, 2.45) is 0 Å². The first-order valence-corrected chi connectivity index (χ1v) is 9.95. The highest BCUT2D eigenvalue weighted by Gasteiger charge is 2.18. The number of carbonyl (C=O) groups excluding carboxylic acids is 1. The van der Waals surface area contributed by atoms with E-state index in [0.29, 0.717) is 12.2 Å². The summed E-state index contributed by atoms with van der Waals surface area (Å²) in [6.45, 7) is 8.63. The third-order valence-electron chi connectivity index (χ3n) is 5.53. The molecule has 0 bridgehead atoms. The summed E-state index contributed by atoms with van der Waals surface area (Å²) in [5, 5.41) is 5.08. The van der Waals surface area contributed by atoms with E-state index in [2.05, 4.69) is 21.8 Å². The molecule has 2 N–H and O–H groups in total. The van der Waals surface area contributed by atoms with Gasteiger partial charge in [0.15, 0.2) is 5.82 Å². The molecule has 7 nitrogen and oxygen atoms in total. The van der Waals surface area contributed by atoms with Gasteiger partial charge in [-0.05, 0) is 43.8 Å². The predicted octanol–water partition coefficient (Wildman–Crippen LogP) is 3.36. The SMILES string of the molecule is CCN1CCN(CCCC(=O)n2nc(N)c3ccc(-c4ccco4)cc32)CC1.Cl. The van der Waals surface area contributed by atoms with Crippen LogP contribution in [0, 0.1) is 0 Å². The van der Waals surface area contributed by atoms with Crippen LogP contribution in [0.1, 0.15) is 24.6 Å². The molecule has 1 saturated heterocycles. The summed E-state index contributed by atoms with van der Waals surface area (Å²) in [4.78, 5) is 17.7. The Bertz CT molecular complexity index is 946. The highest BCUT2D eigenvalue weighted by atomic mass is 35.5. The number of nitrogens with two attached hydrogens (primary N) is 1. The number of nitrogen functional groups attached to an aromatic ring is 1. The number of likely N-dealkylation sites (N-methyl/N-ethyl adjacent to an activating group) is 1. The molecule has 1 fully saturated rings. The first-order valence-electron chi connectivity index (χ1n) is 9.95. The molecule has 0 aliphatic carbocycles. The Morgan fingerprint density at radius 2 is 1.93 bits per heavy atom. The Labute approximate surface area is 176 Å². The van der Waals surface area contributed by atoms with Gasteiger partial charge in [0, 0.05) is 43.5 Å². The van der Waals surface area contributed by atoms with Crippen LogP contribution in [0.25, 0.3) is 22.2 Å². The molecule has 2 aromatic heterocycles. The van der Waals surface area contributed by atoms with Crippen LogP contribution in [0.4, 0.5) is 5.82 Å². The molecule has 0 unspecified atom stereocenters. The van der Waals surface area contributed by atoms with Gasteiger partial charge >= 0.3 is 0 Å². The second-order valence-corrected chi connectivity index (χ2v) is 7.28. The average Bonchev–Trinajstić information content (AvgIpc) is 3.37. The van der Waals surface area contributed by atoms with Crippen LogP contribution in [0.5, 0.6) is 0 Å². The van der Waals surface area contributed by atoms with Crippen molar-refractivity contribution in [3.05, 3.63) is 36.6 Å². The molecule has 3 aromatic rings.